The molecule has 2 aromatic heterocycles. The van der Waals surface area contributed by atoms with Gasteiger partial charge in [0.15, 0.2) is 0 Å². The van der Waals surface area contributed by atoms with Crippen LogP contribution >= 0.6 is 0 Å². The van der Waals surface area contributed by atoms with E-state index in [9.17, 15) is 9.59 Å². The van der Waals surface area contributed by atoms with Gasteiger partial charge < -0.3 is 9.32 Å². The van der Waals surface area contributed by atoms with Gasteiger partial charge in [-0.15, -0.1) is 0 Å². The summed E-state index contributed by atoms with van der Waals surface area (Å²) in [6.45, 7) is 2.90. The Morgan fingerprint density at radius 1 is 0.865 bits per heavy atom. The highest BCUT2D eigenvalue weighted by Gasteiger charge is 2.57. The van der Waals surface area contributed by atoms with Gasteiger partial charge in [-0.25, -0.2) is 4.79 Å². The fraction of sp³-hybridized carbons (Fsp3) is 0.300. The molecular weight excluding hydrogens is 464 g/mol. The number of aromatic nitrogens is 1. The smallest absolute Gasteiger partial charge is 0.328 e. The number of furan rings is 1. The molecule has 3 amide bonds. The van der Waals surface area contributed by atoms with Crippen LogP contribution in [0.3, 0.4) is 0 Å². The van der Waals surface area contributed by atoms with Gasteiger partial charge in [-0.1, -0.05) is 54.6 Å². The van der Waals surface area contributed by atoms with E-state index in [0.29, 0.717) is 32.4 Å². The van der Waals surface area contributed by atoms with Crippen LogP contribution in [-0.4, -0.2) is 56.8 Å². The number of carbonyl (C=O) groups excluding carboxylic acids is 2. The third-order valence-corrected chi connectivity index (χ3v) is 7.69. The van der Waals surface area contributed by atoms with Crippen molar-refractivity contribution in [3.8, 4) is 0 Å². The fourth-order valence-corrected chi connectivity index (χ4v) is 5.69. The molecule has 0 bridgehead atoms. The number of rotatable bonds is 7. The maximum absolute atomic E-state index is 13.9. The van der Waals surface area contributed by atoms with E-state index >= 15 is 0 Å². The van der Waals surface area contributed by atoms with Crippen molar-refractivity contribution < 1.29 is 14.0 Å². The lowest BCUT2D eigenvalue weighted by Gasteiger charge is -2.42. The molecule has 7 nitrogen and oxygen atoms in total. The summed E-state index contributed by atoms with van der Waals surface area (Å²) in [4.78, 5) is 37.3. The summed E-state index contributed by atoms with van der Waals surface area (Å²) in [5, 5.41) is 1.10. The van der Waals surface area contributed by atoms with E-state index in [0.717, 1.165) is 40.9 Å². The average molecular weight is 495 g/mol. The summed E-state index contributed by atoms with van der Waals surface area (Å²) in [5.41, 5.74) is 2.09. The first-order valence-corrected chi connectivity index (χ1v) is 12.9. The number of piperidine rings is 1. The summed E-state index contributed by atoms with van der Waals surface area (Å²) in [6.07, 6.45) is 5.34. The predicted octanol–water partition coefficient (Wildman–Crippen LogP) is 4.87. The van der Waals surface area contributed by atoms with E-state index in [4.69, 9.17) is 4.42 Å². The highest BCUT2D eigenvalue weighted by atomic mass is 16.3. The first kappa shape index (κ1) is 23.4. The fourth-order valence-electron chi connectivity index (χ4n) is 5.69. The zero-order valence-electron chi connectivity index (χ0n) is 20.8. The van der Waals surface area contributed by atoms with E-state index in [1.165, 1.54) is 4.90 Å². The van der Waals surface area contributed by atoms with E-state index in [1.54, 1.807) is 12.4 Å². The molecule has 0 saturated carbocycles. The van der Waals surface area contributed by atoms with Crippen molar-refractivity contribution in [1.29, 1.82) is 0 Å². The Balaban J connectivity index is 1.21. The molecule has 1 spiro atoms. The number of imide groups is 1. The minimum Gasteiger partial charge on any atom is -0.460 e. The number of hydrogen-bond acceptors (Lipinski definition) is 5. The SMILES string of the molecule is O=C1N(Cc2cccnc2)C(=O)C2(CCN(Cc3cc4ccccc4o3)CC2)N1CCc1ccccc1. The van der Waals surface area contributed by atoms with Crippen LogP contribution in [-0.2, 0) is 24.3 Å². The number of carbonyl (C=O) groups is 2. The van der Waals surface area contributed by atoms with Crippen molar-refractivity contribution in [3.63, 3.8) is 0 Å². The van der Waals surface area contributed by atoms with Crippen molar-refractivity contribution in [2.45, 2.75) is 37.9 Å². The van der Waals surface area contributed by atoms with Crippen LogP contribution in [0.1, 0.15) is 29.7 Å². The lowest BCUT2D eigenvalue weighted by Crippen LogP contribution is -2.56. The minimum atomic E-state index is -0.807. The van der Waals surface area contributed by atoms with Crippen LogP contribution < -0.4 is 0 Å². The summed E-state index contributed by atoms with van der Waals surface area (Å²) < 4.78 is 6.03. The molecule has 0 unspecified atom stereocenters. The Bertz CT molecular complexity index is 1360. The quantitative estimate of drug-likeness (QED) is 0.343. The van der Waals surface area contributed by atoms with Crippen molar-refractivity contribution in [3.05, 3.63) is 102 Å². The Kier molecular flexibility index (Phi) is 6.22. The summed E-state index contributed by atoms with van der Waals surface area (Å²) in [5.74, 6) is 0.836. The maximum atomic E-state index is 13.9. The number of urea groups is 1. The summed E-state index contributed by atoms with van der Waals surface area (Å²) in [6, 6.07) is 23.8. The van der Waals surface area contributed by atoms with Gasteiger partial charge in [0.1, 0.15) is 16.9 Å². The molecule has 2 fully saturated rings. The number of fused-ring (bicyclic) bond motifs is 1. The number of benzene rings is 2. The number of para-hydroxylation sites is 1. The molecule has 2 saturated heterocycles. The standard InChI is InChI=1S/C30H30N4O3/c35-28-30(13-17-32(18-14-30)22-26-19-25-10-4-5-11-27(25)37-26)34(16-12-23-7-2-1-3-8-23)29(36)33(28)21-24-9-6-15-31-20-24/h1-11,15,19-20H,12-14,16-18,21-22H2. The predicted molar refractivity (Wildman–Crippen MR) is 140 cm³/mol. The maximum Gasteiger partial charge on any atom is 0.328 e. The second-order valence-electron chi connectivity index (χ2n) is 9.98. The second kappa shape index (κ2) is 9.82. The van der Waals surface area contributed by atoms with Crippen molar-refractivity contribution >= 4 is 22.9 Å². The second-order valence-corrected chi connectivity index (χ2v) is 9.98. The Hall–Kier alpha value is -3.97. The molecule has 0 N–H and O–H groups in total. The summed E-state index contributed by atoms with van der Waals surface area (Å²) in [7, 11) is 0. The van der Waals surface area contributed by atoms with Crippen LogP contribution in [0.2, 0.25) is 0 Å². The monoisotopic (exact) mass is 494 g/mol. The average Bonchev–Trinajstić information content (AvgIpc) is 3.42. The normalized spacial score (nSPS) is 17.8. The van der Waals surface area contributed by atoms with E-state index in [1.807, 2.05) is 53.4 Å². The molecule has 2 aliphatic rings. The highest BCUT2D eigenvalue weighted by molar-refractivity contribution is 6.07. The third-order valence-electron chi connectivity index (χ3n) is 7.69. The van der Waals surface area contributed by atoms with Crippen molar-refractivity contribution in [2.24, 2.45) is 0 Å². The topological polar surface area (TPSA) is 69.9 Å². The zero-order chi connectivity index (χ0) is 25.2. The Morgan fingerprint density at radius 2 is 1.62 bits per heavy atom. The van der Waals surface area contributed by atoms with Gasteiger partial charge in [-0.2, -0.15) is 0 Å². The van der Waals surface area contributed by atoms with Gasteiger partial charge in [0.05, 0.1) is 13.1 Å². The number of hydrogen-bond donors (Lipinski definition) is 0. The van der Waals surface area contributed by atoms with E-state index in [-0.39, 0.29) is 18.5 Å². The zero-order valence-corrected chi connectivity index (χ0v) is 20.8. The van der Waals surface area contributed by atoms with Crippen LogP contribution in [0.4, 0.5) is 4.79 Å². The molecule has 188 valence electrons. The van der Waals surface area contributed by atoms with E-state index in [2.05, 4.69) is 34.1 Å². The molecule has 6 rings (SSSR count). The molecule has 4 heterocycles. The lowest BCUT2D eigenvalue weighted by atomic mass is 9.85. The highest BCUT2D eigenvalue weighted by Crippen LogP contribution is 2.38. The first-order chi connectivity index (χ1) is 18.1. The first-order valence-electron chi connectivity index (χ1n) is 12.9. The van der Waals surface area contributed by atoms with Gasteiger partial charge >= 0.3 is 6.03 Å². The van der Waals surface area contributed by atoms with Gasteiger partial charge in [-0.3, -0.25) is 19.6 Å². The molecule has 2 aromatic carbocycles. The largest absolute Gasteiger partial charge is 0.460 e. The summed E-state index contributed by atoms with van der Waals surface area (Å²) >= 11 is 0. The van der Waals surface area contributed by atoms with Crippen LogP contribution in [0.25, 0.3) is 11.0 Å². The number of likely N-dealkylation sites (tertiary alicyclic amines) is 1. The van der Waals surface area contributed by atoms with Gasteiger partial charge in [0, 0.05) is 37.4 Å². The molecule has 0 atom stereocenters. The van der Waals surface area contributed by atoms with Crippen molar-refractivity contribution in [2.75, 3.05) is 19.6 Å². The molecule has 2 aliphatic heterocycles. The number of nitrogens with zero attached hydrogens (tertiary/aromatic N) is 4. The molecular formula is C30H30N4O3. The van der Waals surface area contributed by atoms with Gasteiger partial charge in [0.2, 0.25) is 0 Å². The van der Waals surface area contributed by atoms with Crippen LogP contribution in [0.5, 0.6) is 0 Å². The Labute approximate surface area is 216 Å². The number of pyridine rings is 1. The van der Waals surface area contributed by atoms with Crippen LogP contribution in [0.15, 0.2) is 89.6 Å². The molecule has 0 aliphatic carbocycles. The third kappa shape index (κ3) is 4.51. The van der Waals surface area contributed by atoms with Gasteiger partial charge in [-0.05, 0) is 48.6 Å². The molecule has 37 heavy (non-hydrogen) atoms. The van der Waals surface area contributed by atoms with E-state index < -0.39 is 5.54 Å². The minimum absolute atomic E-state index is 0.0854. The number of amides is 3. The lowest BCUT2D eigenvalue weighted by molar-refractivity contribution is -0.136. The molecule has 4 aromatic rings. The Morgan fingerprint density at radius 3 is 2.38 bits per heavy atom. The molecule has 0 radical (unpaired) electrons. The van der Waals surface area contributed by atoms with Crippen molar-refractivity contribution in [1.82, 2.24) is 19.7 Å². The van der Waals surface area contributed by atoms with Gasteiger partial charge in [0.25, 0.3) is 5.91 Å². The van der Waals surface area contributed by atoms with Crippen LogP contribution in [0, 0.1) is 0 Å². The molecule has 7 heteroatoms.